The smallest absolute Gasteiger partial charge is 0.212 e. The summed E-state index contributed by atoms with van der Waals surface area (Å²) in [5.41, 5.74) is 5.68. The average molecular weight is 425 g/mol. The van der Waals surface area contributed by atoms with Gasteiger partial charge in [0.1, 0.15) is 12.4 Å². The summed E-state index contributed by atoms with van der Waals surface area (Å²) in [4.78, 5) is 6.35. The third-order valence-electron chi connectivity index (χ3n) is 6.02. The summed E-state index contributed by atoms with van der Waals surface area (Å²) in [7, 11) is 0. The van der Waals surface area contributed by atoms with Gasteiger partial charge in [0.2, 0.25) is 5.95 Å². The van der Waals surface area contributed by atoms with Gasteiger partial charge in [0, 0.05) is 36.5 Å². The molecule has 0 amide bonds. The second kappa shape index (κ2) is 9.33. The summed E-state index contributed by atoms with van der Waals surface area (Å²) in [5.74, 6) is 0.437. The SMILES string of the molecule is Fc1ccc(-c2cccc3c2CC(N(Cc2ccccc2)Cc2ccccc2)CO3)cn1. The van der Waals surface area contributed by atoms with Crippen LogP contribution >= 0.6 is 0 Å². The van der Waals surface area contributed by atoms with Crippen molar-refractivity contribution in [1.82, 2.24) is 9.88 Å². The van der Waals surface area contributed by atoms with E-state index in [9.17, 15) is 4.39 Å². The van der Waals surface area contributed by atoms with Crippen molar-refractivity contribution in [3.63, 3.8) is 0 Å². The molecule has 3 aromatic carbocycles. The number of fused-ring (bicyclic) bond motifs is 1. The van der Waals surface area contributed by atoms with Gasteiger partial charge in [-0.1, -0.05) is 72.8 Å². The van der Waals surface area contributed by atoms with Gasteiger partial charge >= 0.3 is 0 Å². The Morgan fingerprint density at radius 3 is 2.12 bits per heavy atom. The molecule has 5 rings (SSSR count). The molecule has 1 unspecified atom stereocenters. The Morgan fingerprint density at radius 2 is 1.50 bits per heavy atom. The van der Waals surface area contributed by atoms with E-state index in [1.54, 1.807) is 12.3 Å². The molecular formula is C28H25FN2O. The van der Waals surface area contributed by atoms with Gasteiger partial charge in [-0.25, -0.2) is 4.98 Å². The van der Waals surface area contributed by atoms with E-state index in [2.05, 4.69) is 64.5 Å². The van der Waals surface area contributed by atoms with Crippen molar-refractivity contribution in [3.05, 3.63) is 120 Å². The van der Waals surface area contributed by atoms with E-state index < -0.39 is 5.95 Å². The monoisotopic (exact) mass is 424 g/mol. The van der Waals surface area contributed by atoms with Crippen molar-refractivity contribution in [2.24, 2.45) is 0 Å². The summed E-state index contributed by atoms with van der Waals surface area (Å²) in [6.45, 7) is 2.33. The minimum atomic E-state index is -0.468. The predicted octanol–water partition coefficient (Wildman–Crippen LogP) is 5.89. The summed E-state index contributed by atoms with van der Waals surface area (Å²) in [5, 5.41) is 0. The van der Waals surface area contributed by atoms with Crippen molar-refractivity contribution in [2.45, 2.75) is 25.6 Å². The first-order chi connectivity index (χ1) is 15.8. The lowest BCUT2D eigenvalue weighted by Gasteiger charge is -2.36. The molecule has 0 N–H and O–H groups in total. The van der Waals surface area contributed by atoms with Crippen LogP contribution in [0.15, 0.2) is 97.2 Å². The number of nitrogens with zero attached hydrogens (tertiary/aromatic N) is 2. The van der Waals surface area contributed by atoms with E-state index in [4.69, 9.17) is 4.74 Å². The zero-order valence-corrected chi connectivity index (χ0v) is 17.8. The van der Waals surface area contributed by atoms with E-state index in [0.717, 1.165) is 42.0 Å². The standard InChI is InChI=1S/C28H25FN2O/c29-28-15-14-23(17-30-28)25-12-7-13-27-26(25)16-24(20-32-27)31(18-21-8-3-1-4-9-21)19-22-10-5-2-6-11-22/h1-15,17,24H,16,18-20H2. The molecule has 1 aromatic heterocycles. The van der Waals surface area contributed by atoms with Gasteiger partial charge in [-0.2, -0.15) is 4.39 Å². The number of hydrogen-bond donors (Lipinski definition) is 0. The molecule has 0 saturated carbocycles. The van der Waals surface area contributed by atoms with Crippen LogP contribution in [0.3, 0.4) is 0 Å². The highest BCUT2D eigenvalue weighted by Gasteiger charge is 2.28. The maximum Gasteiger partial charge on any atom is 0.212 e. The first kappa shape index (κ1) is 20.4. The minimum absolute atomic E-state index is 0.220. The molecule has 2 heterocycles. The highest BCUT2D eigenvalue weighted by atomic mass is 19.1. The van der Waals surface area contributed by atoms with Gasteiger partial charge in [0.25, 0.3) is 0 Å². The minimum Gasteiger partial charge on any atom is -0.492 e. The van der Waals surface area contributed by atoms with E-state index in [0.29, 0.717) is 6.61 Å². The van der Waals surface area contributed by atoms with Crippen molar-refractivity contribution in [1.29, 1.82) is 0 Å². The van der Waals surface area contributed by atoms with Crippen LogP contribution < -0.4 is 4.74 Å². The predicted molar refractivity (Wildman–Crippen MR) is 125 cm³/mol. The third kappa shape index (κ3) is 4.56. The Morgan fingerprint density at radius 1 is 0.812 bits per heavy atom. The summed E-state index contributed by atoms with van der Waals surface area (Å²) < 4.78 is 19.6. The lowest BCUT2D eigenvalue weighted by Crippen LogP contribution is -2.42. The Kier molecular flexibility index (Phi) is 5.95. The summed E-state index contributed by atoms with van der Waals surface area (Å²) in [6.07, 6.45) is 2.46. The fourth-order valence-corrected chi connectivity index (χ4v) is 4.38. The molecule has 32 heavy (non-hydrogen) atoms. The second-order valence-electron chi connectivity index (χ2n) is 8.20. The molecule has 1 aliphatic heterocycles. The van der Waals surface area contributed by atoms with Crippen LogP contribution in [0, 0.1) is 5.95 Å². The van der Waals surface area contributed by atoms with Crippen molar-refractivity contribution in [3.8, 4) is 16.9 Å². The average Bonchev–Trinajstić information content (AvgIpc) is 2.85. The van der Waals surface area contributed by atoms with Crippen molar-refractivity contribution >= 4 is 0 Å². The van der Waals surface area contributed by atoms with E-state index in [1.165, 1.54) is 17.2 Å². The maximum atomic E-state index is 13.4. The Labute approximate surface area is 188 Å². The van der Waals surface area contributed by atoms with Gasteiger partial charge in [0.15, 0.2) is 0 Å². The number of halogens is 1. The molecule has 0 fully saturated rings. The quantitative estimate of drug-likeness (QED) is 0.361. The zero-order valence-electron chi connectivity index (χ0n) is 17.8. The largest absolute Gasteiger partial charge is 0.492 e. The molecule has 1 atom stereocenters. The molecule has 0 saturated heterocycles. The highest BCUT2D eigenvalue weighted by molar-refractivity contribution is 5.70. The molecule has 0 spiro atoms. The van der Waals surface area contributed by atoms with Gasteiger partial charge < -0.3 is 4.74 Å². The number of hydrogen-bond acceptors (Lipinski definition) is 3. The lowest BCUT2D eigenvalue weighted by molar-refractivity contribution is 0.106. The maximum absolute atomic E-state index is 13.4. The Bertz CT molecular complexity index is 1120. The molecule has 1 aliphatic rings. The van der Waals surface area contributed by atoms with Crippen molar-refractivity contribution in [2.75, 3.05) is 6.61 Å². The van der Waals surface area contributed by atoms with Crippen LogP contribution in [0.2, 0.25) is 0 Å². The van der Waals surface area contributed by atoms with E-state index >= 15 is 0 Å². The van der Waals surface area contributed by atoms with Crippen LogP contribution in [0.1, 0.15) is 16.7 Å². The van der Waals surface area contributed by atoms with Crippen LogP contribution in [0.5, 0.6) is 5.75 Å². The number of rotatable bonds is 6. The lowest BCUT2D eigenvalue weighted by atomic mass is 9.92. The Balaban J connectivity index is 1.46. The fraction of sp³-hybridized carbons (Fsp3) is 0.179. The number of benzene rings is 3. The number of ether oxygens (including phenoxy) is 1. The summed E-state index contributed by atoms with van der Waals surface area (Å²) >= 11 is 0. The topological polar surface area (TPSA) is 25.4 Å². The zero-order chi connectivity index (χ0) is 21.8. The normalized spacial score (nSPS) is 15.2. The fourth-order valence-electron chi connectivity index (χ4n) is 4.38. The molecule has 160 valence electrons. The highest BCUT2D eigenvalue weighted by Crippen LogP contribution is 2.35. The van der Waals surface area contributed by atoms with Crippen LogP contribution in [-0.4, -0.2) is 22.5 Å². The van der Waals surface area contributed by atoms with E-state index in [1.807, 2.05) is 24.3 Å². The number of pyridine rings is 1. The molecule has 4 aromatic rings. The molecule has 3 nitrogen and oxygen atoms in total. The summed E-state index contributed by atoms with van der Waals surface area (Å²) in [6, 6.07) is 30.6. The van der Waals surface area contributed by atoms with Crippen LogP contribution in [0.25, 0.3) is 11.1 Å². The van der Waals surface area contributed by atoms with Crippen LogP contribution in [0.4, 0.5) is 4.39 Å². The Hall–Kier alpha value is -3.50. The number of aromatic nitrogens is 1. The molecule has 0 bridgehead atoms. The van der Waals surface area contributed by atoms with Gasteiger partial charge in [0.05, 0.1) is 0 Å². The van der Waals surface area contributed by atoms with Crippen LogP contribution in [-0.2, 0) is 19.5 Å². The van der Waals surface area contributed by atoms with E-state index in [-0.39, 0.29) is 6.04 Å². The first-order valence-electron chi connectivity index (χ1n) is 10.9. The van der Waals surface area contributed by atoms with Gasteiger partial charge in [-0.3, -0.25) is 4.90 Å². The molecule has 0 aliphatic carbocycles. The van der Waals surface area contributed by atoms with Gasteiger partial charge in [-0.15, -0.1) is 0 Å². The van der Waals surface area contributed by atoms with Gasteiger partial charge in [-0.05, 0) is 41.3 Å². The molecular weight excluding hydrogens is 399 g/mol. The van der Waals surface area contributed by atoms with Crippen molar-refractivity contribution < 1.29 is 9.13 Å². The first-order valence-corrected chi connectivity index (χ1v) is 10.9. The molecule has 4 heteroatoms. The molecule has 0 radical (unpaired) electrons. The third-order valence-corrected chi connectivity index (χ3v) is 6.02. The second-order valence-corrected chi connectivity index (χ2v) is 8.20.